The standard InChI is InChI=1S/C16H16N2O2/c17-8-11-2-1-3-15-12(9-18-16(11)15)10-20-14-6-4-13(19)5-7-14/h1-7,9,18-19H,8,10,17H2. The molecule has 3 rings (SSSR count). The first-order valence-corrected chi connectivity index (χ1v) is 6.47. The van der Waals surface area contributed by atoms with E-state index in [1.807, 2.05) is 18.3 Å². The number of fused-ring (bicyclic) bond motifs is 1. The molecule has 0 unspecified atom stereocenters. The van der Waals surface area contributed by atoms with Crippen molar-refractivity contribution in [3.63, 3.8) is 0 Å². The van der Waals surface area contributed by atoms with Gasteiger partial charge in [-0.2, -0.15) is 0 Å². The second-order valence-corrected chi connectivity index (χ2v) is 4.64. The van der Waals surface area contributed by atoms with Crippen LogP contribution in [-0.2, 0) is 13.2 Å². The molecule has 3 aromatic rings. The lowest BCUT2D eigenvalue weighted by Gasteiger charge is -2.06. The largest absolute Gasteiger partial charge is 0.508 e. The highest BCUT2D eigenvalue weighted by Crippen LogP contribution is 2.23. The second-order valence-electron chi connectivity index (χ2n) is 4.64. The first-order valence-electron chi connectivity index (χ1n) is 6.47. The van der Waals surface area contributed by atoms with Crippen LogP contribution in [0.1, 0.15) is 11.1 Å². The Morgan fingerprint density at radius 1 is 1.05 bits per heavy atom. The van der Waals surface area contributed by atoms with E-state index in [0.717, 1.165) is 27.8 Å². The van der Waals surface area contributed by atoms with Crippen LogP contribution in [-0.4, -0.2) is 10.1 Å². The topological polar surface area (TPSA) is 71.3 Å². The summed E-state index contributed by atoms with van der Waals surface area (Å²) in [5.74, 6) is 0.962. The molecule has 4 nitrogen and oxygen atoms in total. The molecule has 0 amide bonds. The molecule has 0 radical (unpaired) electrons. The van der Waals surface area contributed by atoms with Crippen molar-refractivity contribution in [3.05, 3.63) is 59.8 Å². The number of aromatic hydroxyl groups is 1. The first-order chi connectivity index (χ1) is 9.78. The minimum atomic E-state index is 0.233. The highest BCUT2D eigenvalue weighted by Gasteiger charge is 2.07. The third-order valence-electron chi connectivity index (χ3n) is 3.34. The fourth-order valence-electron chi connectivity index (χ4n) is 2.27. The molecule has 2 aromatic carbocycles. The maximum atomic E-state index is 9.24. The van der Waals surface area contributed by atoms with Crippen LogP contribution in [0.2, 0.25) is 0 Å². The van der Waals surface area contributed by atoms with Crippen molar-refractivity contribution in [1.82, 2.24) is 4.98 Å². The summed E-state index contributed by atoms with van der Waals surface area (Å²) in [4.78, 5) is 3.25. The smallest absolute Gasteiger partial charge is 0.120 e. The zero-order chi connectivity index (χ0) is 13.9. The van der Waals surface area contributed by atoms with Crippen molar-refractivity contribution in [2.24, 2.45) is 5.73 Å². The number of phenolic OH excluding ortho intramolecular Hbond substituents is 1. The Balaban J connectivity index is 1.83. The minimum absolute atomic E-state index is 0.233. The molecule has 4 heteroatoms. The number of H-pyrrole nitrogens is 1. The normalized spacial score (nSPS) is 10.8. The van der Waals surface area contributed by atoms with Gasteiger partial charge >= 0.3 is 0 Å². The lowest BCUT2D eigenvalue weighted by Crippen LogP contribution is -1.97. The van der Waals surface area contributed by atoms with E-state index in [1.54, 1.807) is 24.3 Å². The quantitative estimate of drug-likeness (QED) is 0.681. The molecule has 1 aromatic heterocycles. The Labute approximate surface area is 116 Å². The number of nitrogens with two attached hydrogens (primary N) is 1. The van der Waals surface area contributed by atoms with Gasteiger partial charge in [-0.3, -0.25) is 0 Å². The van der Waals surface area contributed by atoms with Gasteiger partial charge in [0.25, 0.3) is 0 Å². The number of hydrogen-bond donors (Lipinski definition) is 3. The van der Waals surface area contributed by atoms with Gasteiger partial charge in [0, 0.05) is 23.7 Å². The highest BCUT2D eigenvalue weighted by atomic mass is 16.5. The summed E-state index contributed by atoms with van der Waals surface area (Å²) in [5, 5.41) is 10.4. The van der Waals surface area contributed by atoms with Crippen LogP contribution in [0.3, 0.4) is 0 Å². The van der Waals surface area contributed by atoms with Crippen LogP contribution in [0, 0.1) is 0 Å². The van der Waals surface area contributed by atoms with Crippen LogP contribution in [0.5, 0.6) is 11.5 Å². The molecule has 20 heavy (non-hydrogen) atoms. The second kappa shape index (κ2) is 5.27. The number of ether oxygens (including phenoxy) is 1. The van der Waals surface area contributed by atoms with Gasteiger partial charge in [0.1, 0.15) is 18.1 Å². The van der Waals surface area contributed by atoms with Crippen molar-refractivity contribution in [1.29, 1.82) is 0 Å². The molecule has 0 bridgehead atoms. The molecule has 0 atom stereocenters. The zero-order valence-electron chi connectivity index (χ0n) is 11.0. The molecular formula is C16H16N2O2. The van der Waals surface area contributed by atoms with Gasteiger partial charge in [-0.1, -0.05) is 18.2 Å². The summed E-state index contributed by atoms with van der Waals surface area (Å²) in [6.07, 6.45) is 1.95. The molecule has 0 aliphatic heterocycles. The van der Waals surface area contributed by atoms with E-state index in [9.17, 15) is 5.11 Å². The molecule has 1 heterocycles. The zero-order valence-corrected chi connectivity index (χ0v) is 11.0. The molecule has 0 spiro atoms. The minimum Gasteiger partial charge on any atom is -0.508 e. The van der Waals surface area contributed by atoms with Crippen molar-refractivity contribution in [3.8, 4) is 11.5 Å². The van der Waals surface area contributed by atoms with E-state index in [1.165, 1.54) is 0 Å². The average Bonchev–Trinajstić information content (AvgIpc) is 2.90. The summed E-state index contributed by atoms with van der Waals surface area (Å²) in [6.45, 7) is 0.981. The molecule has 102 valence electrons. The SMILES string of the molecule is NCc1cccc2c(COc3ccc(O)cc3)c[nH]c12. The highest BCUT2D eigenvalue weighted by molar-refractivity contribution is 5.85. The van der Waals surface area contributed by atoms with Crippen molar-refractivity contribution < 1.29 is 9.84 Å². The van der Waals surface area contributed by atoms with E-state index in [2.05, 4.69) is 11.1 Å². The van der Waals surface area contributed by atoms with Crippen LogP contribution >= 0.6 is 0 Å². The Morgan fingerprint density at radius 3 is 2.60 bits per heavy atom. The fourth-order valence-corrected chi connectivity index (χ4v) is 2.27. The summed E-state index contributed by atoms with van der Waals surface area (Å²) in [5.41, 5.74) is 8.98. The van der Waals surface area contributed by atoms with Gasteiger partial charge in [0.05, 0.1) is 5.52 Å². The van der Waals surface area contributed by atoms with Gasteiger partial charge in [-0.25, -0.2) is 0 Å². The Kier molecular flexibility index (Phi) is 3.31. The van der Waals surface area contributed by atoms with E-state index in [4.69, 9.17) is 10.5 Å². The predicted octanol–water partition coefficient (Wildman–Crippen LogP) is 2.91. The molecule has 0 saturated heterocycles. The molecule has 0 fully saturated rings. The van der Waals surface area contributed by atoms with Gasteiger partial charge in [-0.15, -0.1) is 0 Å². The van der Waals surface area contributed by atoms with Gasteiger partial charge in [0.15, 0.2) is 0 Å². The number of nitrogens with one attached hydrogen (secondary N) is 1. The van der Waals surface area contributed by atoms with Gasteiger partial charge < -0.3 is 20.6 Å². The molecule has 0 aliphatic rings. The van der Waals surface area contributed by atoms with E-state index < -0.39 is 0 Å². The summed E-state index contributed by atoms with van der Waals surface area (Å²) >= 11 is 0. The van der Waals surface area contributed by atoms with Gasteiger partial charge in [0.2, 0.25) is 0 Å². The number of rotatable bonds is 4. The lowest BCUT2D eigenvalue weighted by molar-refractivity contribution is 0.307. The van der Waals surface area contributed by atoms with Crippen LogP contribution < -0.4 is 10.5 Å². The molecule has 0 aliphatic carbocycles. The first kappa shape index (κ1) is 12.6. The lowest BCUT2D eigenvalue weighted by atomic mass is 10.1. The Morgan fingerprint density at radius 2 is 1.85 bits per heavy atom. The van der Waals surface area contributed by atoms with Crippen LogP contribution in [0.25, 0.3) is 10.9 Å². The third-order valence-corrected chi connectivity index (χ3v) is 3.34. The number of benzene rings is 2. The number of para-hydroxylation sites is 1. The van der Waals surface area contributed by atoms with Crippen LogP contribution in [0.15, 0.2) is 48.7 Å². The number of aromatic nitrogens is 1. The summed E-state index contributed by atoms with van der Waals surface area (Å²) in [6, 6.07) is 12.8. The Bertz CT molecular complexity index is 717. The monoisotopic (exact) mass is 268 g/mol. The maximum absolute atomic E-state index is 9.24. The summed E-state index contributed by atoms with van der Waals surface area (Å²) in [7, 11) is 0. The van der Waals surface area contributed by atoms with E-state index >= 15 is 0 Å². The third kappa shape index (κ3) is 2.33. The average molecular weight is 268 g/mol. The predicted molar refractivity (Wildman–Crippen MR) is 78.6 cm³/mol. The maximum Gasteiger partial charge on any atom is 0.120 e. The molecule has 0 saturated carbocycles. The fraction of sp³-hybridized carbons (Fsp3) is 0.125. The number of phenols is 1. The van der Waals surface area contributed by atoms with E-state index in [-0.39, 0.29) is 5.75 Å². The Hall–Kier alpha value is -2.46. The van der Waals surface area contributed by atoms with Gasteiger partial charge in [-0.05, 0) is 29.8 Å². The van der Waals surface area contributed by atoms with Crippen molar-refractivity contribution >= 4 is 10.9 Å². The van der Waals surface area contributed by atoms with Crippen molar-refractivity contribution in [2.75, 3.05) is 0 Å². The van der Waals surface area contributed by atoms with Crippen molar-refractivity contribution in [2.45, 2.75) is 13.2 Å². The number of hydrogen-bond acceptors (Lipinski definition) is 3. The molecule has 4 N–H and O–H groups in total. The van der Waals surface area contributed by atoms with E-state index in [0.29, 0.717) is 13.2 Å². The summed E-state index contributed by atoms with van der Waals surface area (Å²) < 4.78 is 5.72. The number of aromatic amines is 1. The molecular weight excluding hydrogens is 252 g/mol. The van der Waals surface area contributed by atoms with Crippen LogP contribution in [0.4, 0.5) is 0 Å².